The van der Waals surface area contributed by atoms with Gasteiger partial charge >= 0.3 is 0 Å². The van der Waals surface area contributed by atoms with E-state index in [-0.39, 0.29) is 5.91 Å². The summed E-state index contributed by atoms with van der Waals surface area (Å²) in [7, 11) is 0. The van der Waals surface area contributed by atoms with Crippen LogP contribution in [-0.2, 0) is 4.79 Å². The Morgan fingerprint density at radius 3 is 3.14 bits per heavy atom. The van der Waals surface area contributed by atoms with Gasteiger partial charge in [0.1, 0.15) is 0 Å². The highest BCUT2D eigenvalue weighted by molar-refractivity contribution is 6.06. The third-order valence-electron chi connectivity index (χ3n) is 2.09. The van der Waals surface area contributed by atoms with E-state index in [1.807, 2.05) is 18.2 Å². The van der Waals surface area contributed by atoms with E-state index in [2.05, 4.69) is 15.0 Å². The molecule has 0 saturated heterocycles. The van der Waals surface area contributed by atoms with E-state index in [1.165, 1.54) is 6.08 Å². The lowest BCUT2D eigenvalue weighted by molar-refractivity contribution is -0.112. The molecule has 2 aromatic heterocycles. The first-order valence-electron chi connectivity index (χ1n) is 4.19. The summed E-state index contributed by atoms with van der Waals surface area (Å²) in [5.74, 6) is -0.247. The van der Waals surface area contributed by atoms with Crippen molar-refractivity contribution in [1.82, 2.24) is 9.97 Å². The van der Waals surface area contributed by atoms with Crippen molar-refractivity contribution >= 4 is 23.0 Å². The van der Waals surface area contributed by atoms with E-state index in [0.717, 1.165) is 5.39 Å². The second-order valence-electron chi connectivity index (χ2n) is 3.04. The summed E-state index contributed by atoms with van der Waals surface area (Å²) in [5, 5.41) is 2.15. The first kappa shape index (κ1) is 7.32. The number of hydrogen-bond donors (Lipinski definition) is 0. The highest BCUT2D eigenvalue weighted by Gasteiger charge is 2.05. The Kier molecular flexibility index (Phi) is 1.28. The minimum Gasteiger partial charge on any atom is -0.267 e. The van der Waals surface area contributed by atoms with E-state index in [9.17, 15) is 4.79 Å². The first-order chi connectivity index (χ1) is 6.83. The largest absolute Gasteiger partial charge is 0.272 e. The molecule has 2 aromatic rings. The molecule has 0 bridgehead atoms. The van der Waals surface area contributed by atoms with Crippen molar-refractivity contribution < 1.29 is 4.79 Å². The number of hydrogen-bond acceptors (Lipinski definition) is 3. The van der Waals surface area contributed by atoms with Gasteiger partial charge < -0.3 is 0 Å². The van der Waals surface area contributed by atoms with Crippen LogP contribution in [0.5, 0.6) is 0 Å². The summed E-state index contributed by atoms with van der Waals surface area (Å²) in [5.41, 5.74) is 0.646. The van der Waals surface area contributed by atoms with E-state index in [0.29, 0.717) is 16.4 Å². The van der Waals surface area contributed by atoms with Crippen molar-refractivity contribution in [2.45, 2.75) is 0 Å². The molecule has 1 amide bonds. The summed E-state index contributed by atoms with van der Waals surface area (Å²) < 4.78 is 0. The Morgan fingerprint density at radius 2 is 2.21 bits per heavy atom. The monoisotopic (exact) mass is 183 g/mol. The van der Waals surface area contributed by atoms with Gasteiger partial charge in [-0.1, -0.05) is 0 Å². The van der Waals surface area contributed by atoms with Crippen LogP contribution in [0.1, 0.15) is 0 Å². The third-order valence-corrected chi connectivity index (χ3v) is 2.09. The standard InChI is InChI=1S/C10H5N3O/c14-9-5-8-7(12-9)4-6-2-1-3-11-10(6)13-8/h1-5H. The van der Waals surface area contributed by atoms with Crippen molar-refractivity contribution in [2.75, 3.05) is 0 Å². The molecule has 0 saturated carbocycles. The van der Waals surface area contributed by atoms with Crippen LogP contribution < -0.4 is 10.7 Å². The molecule has 3 heterocycles. The van der Waals surface area contributed by atoms with Gasteiger partial charge in [0.05, 0.1) is 10.7 Å². The summed E-state index contributed by atoms with van der Waals surface area (Å²) in [6.07, 6.45) is 3.10. The summed E-state index contributed by atoms with van der Waals surface area (Å²) in [6.45, 7) is 0. The number of fused-ring (bicyclic) bond motifs is 2. The SMILES string of the molecule is O=C1C=c2nc3ncccc3cc2=N1. The van der Waals surface area contributed by atoms with Crippen molar-refractivity contribution in [3.63, 3.8) is 0 Å². The van der Waals surface area contributed by atoms with Crippen LogP contribution in [0.25, 0.3) is 17.1 Å². The van der Waals surface area contributed by atoms with Gasteiger partial charge in [-0.25, -0.2) is 15.0 Å². The highest BCUT2D eigenvalue weighted by Crippen LogP contribution is 2.02. The van der Waals surface area contributed by atoms with Gasteiger partial charge in [-0.15, -0.1) is 0 Å². The van der Waals surface area contributed by atoms with Gasteiger partial charge in [0.15, 0.2) is 5.65 Å². The molecular weight excluding hydrogens is 178 g/mol. The number of carbonyl (C=O) groups is 1. The number of carbonyl (C=O) groups excluding carboxylic acids is 1. The molecular formula is C10H5N3O. The molecule has 4 heteroatoms. The average molecular weight is 183 g/mol. The molecule has 14 heavy (non-hydrogen) atoms. The minimum absolute atomic E-state index is 0.247. The van der Waals surface area contributed by atoms with E-state index in [4.69, 9.17) is 0 Å². The fourth-order valence-electron chi connectivity index (χ4n) is 1.47. The summed E-state index contributed by atoms with van der Waals surface area (Å²) in [4.78, 5) is 23.1. The normalized spacial score (nSPS) is 13.6. The number of pyridine rings is 2. The van der Waals surface area contributed by atoms with Crippen molar-refractivity contribution in [3.05, 3.63) is 35.1 Å². The Morgan fingerprint density at radius 1 is 1.29 bits per heavy atom. The van der Waals surface area contributed by atoms with Gasteiger partial charge in [-0.3, -0.25) is 4.79 Å². The Balaban J connectivity index is 2.56. The van der Waals surface area contributed by atoms with Crippen molar-refractivity contribution in [2.24, 2.45) is 4.99 Å². The Bertz CT molecular complexity index is 604. The molecule has 0 atom stereocenters. The molecule has 0 spiro atoms. The van der Waals surface area contributed by atoms with Gasteiger partial charge in [0.2, 0.25) is 0 Å². The molecule has 3 rings (SSSR count). The number of rotatable bonds is 0. The quantitative estimate of drug-likeness (QED) is 0.557. The molecule has 0 aliphatic carbocycles. The fourth-order valence-corrected chi connectivity index (χ4v) is 1.47. The summed E-state index contributed by atoms with van der Waals surface area (Å²) in [6, 6.07) is 5.55. The molecule has 66 valence electrons. The summed E-state index contributed by atoms with van der Waals surface area (Å²) >= 11 is 0. The van der Waals surface area contributed by atoms with Gasteiger partial charge in [0, 0.05) is 17.7 Å². The van der Waals surface area contributed by atoms with Gasteiger partial charge in [-0.05, 0) is 18.2 Å². The fraction of sp³-hybridized carbons (Fsp3) is 0. The van der Waals surface area contributed by atoms with Crippen molar-refractivity contribution in [3.8, 4) is 0 Å². The number of amides is 1. The lowest BCUT2D eigenvalue weighted by Gasteiger charge is -1.92. The molecule has 1 aliphatic heterocycles. The molecule has 4 nitrogen and oxygen atoms in total. The zero-order chi connectivity index (χ0) is 9.54. The second-order valence-corrected chi connectivity index (χ2v) is 3.04. The molecule has 0 fully saturated rings. The molecule has 0 N–H and O–H groups in total. The topological polar surface area (TPSA) is 55.2 Å². The first-order valence-corrected chi connectivity index (χ1v) is 4.19. The zero-order valence-corrected chi connectivity index (χ0v) is 7.14. The minimum atomic E-state index is -0.247. The smallest absolute Gasteiger partial charge is 0.267 e. The lowest BCUT2D eigenvalue weighted by atomic mass is 10.3. The van der Waals surface area contributed by atoms with Gasteiger partial charge in [-0.2, -0.15) is 0 Å². The van der Waals surface area contributed by atoms with Crippen LogP contribution in [0.15, 0.2) is 29.4 Å². The molecule has 1 aliphatic rings. The second kappa shape index (κ2) is 2.45. The van der Waals surface area contributed by atoms with E-state index >= 15 is 0 Å². The van der Waals surface area contributed by atoms with Crippen LogP contribution in [0, 0.1) is 0 Å². The van der Waals surface area contributed by atoms with Gasteiger partial charge in [0.25, 0.3) is 5.91 Å². The maximum atomic E-state index is 11.0. The Hall–Kier alpha value is -2.10. The number of nitrogens with zero attached hydrogens (tertiary/aromatic N) is 3. The molecule has 0 aromatic carbocycles. The zero-order valence-electron chi connectivity index (χ0n) is 7.14. The lowest BCUT2D eigenvalue weighted by Crippen LogP contribution is -2.25. The van der Waals surface area contributed by atoms with Crippen LogP contribution in [0.4, 0.5) is 0 Å². The molecule has 0 unspecified atom stereocenters. The predicted octanol–water partition coefficient (Wildman–Crippen LogP) is -0.430. The maximum absolute atomic E-state index is 11.0. The van der Waals surface area contributed by atoms with Crippen molar-refractivity contribution in [1.29, 1.82) is 0 Å². The van der Waals surface area contributed by atoms with Crippen LogP contribution in [0.3, 0.4) is 0 Å². The Labute approximate surface area is 78.6 Å². The van der Waals surface area contributed by atoms with Crippen LogP contribution in [-0.4, -0.2) is 15.9 Å². The van der Waals surface area contributed by atoms with Crippen LogP contribution in [0.2, 0.25) is 0 Å². The van der Waals surface area contributed by atoms with Crippen LogP contribution >= 0.6 is 0 Å². The van der Waals surface area contributed by atoms with E-state index < -0.39 is 0 Å². The third kappa shape index (κ3) is 0.939. The molecule has 0 radical (unpaired) electrons. The highest BCUT2D eigenvalue weighted by atomic mass is 16.1. The predicted molar refractivity (Wildman–Crippen MR) is 49.8 cm³/mol. The average Bonchev–Trinajstić information content (AvgIpc) is 2.53. The number of aromatic nitrogens is 2. The maximum Gasteiger partial charge on any atom is 0.272 e. The van der Waals surface area contributed by atoms with E-state index in [1.54, 1.807) is 6.20 Å².